The predicted molar refractivity (Wildman–Crippen MR) is 91.1 cm³/mol. The summed E-state index contributed by atoms with van der Waals surface area (Å²) in [5.41, 5.74) is 1.16. The second-order valence-electron chi connectivity index (χ2n) is 6.19. The van der Waals surface area contributed by atoms with Crippen LogP contribution in [0, 0.1) is 18.8 Å². The molecule has 1 saturated heterocycles. The molecule has 1 fully saturated rings. The van der Waals surface area contributed by atoms with Crippen LogP contribution in [0.4, 0.5) is 0 Å². The Kier molecular flexibility index (Phi) is 6.03. The molecule has 2 unspecified atom stereocenters. The van der Waals surface area contributed by atoms with Crippen molar-refractivity contribution in [1.82, 2.24) is 15.2 Å². The standard InChI is InChI=1S/C16H28N4S/c1-5-17-16(20-9-12(2)8-13(3)10-20)18-7-6-15-11-21-14(4)19-15/h11-13H,5-10H2,1-4H3,(H,17,18). The van der Waals surface area contributed by atoms with Crippen LogP contribution >= 0.6 is 11.3 Å². The third-order valence-corrected chi connectivity index (χ3v) is 4.62. The second-order valence-corrected chi connectivity index (χ2v) is 7.26. The van der Waals surface area contributed by atoms with E-state index in [2.05, 4.69) is 48.3 Å². The molecule has 0 aromatic carbocycles. The fourth-order valence-electron chi connectivity index (χ4n) is 3.06. The van der Waals surface area contributed by atoms with Crippen molar-refractivity contribution in [2.75, 3.05) is 26.2 Å². The van der Waals surface area contributed by atoms with Gasteiger partial charge in [-0.25, -0.2) is 4.98 Å². The molecule has 0 radical (unpaired) electrons. The topological polar surface area (TPSA) is 40.5 Å². The molecular weight excluding hydrogens is 280 g/mol. The first kappa shape index (κ1) is 16.3. The summed E-state index contributed by atoms with van der Waals surface area (Å²) in [6, 6.07) is 0. The zero-order chi connectivity index (χ0) is 15.2. The molecule has 0 amide bonds. The number of aliphatic imine (C=N–C) groups is 1. The Labute approximate surface area is 132 Å². The van der Waals surface area contributed by atoms with Gasteiger partial charge in [-0.05, 0) is 32.1 Å². The summed E-state index contributed by atoms with van der Waals surface area (Å²) >= 11 is 1.72. The highest BCUT2D eigenvalue weighted by molar-refractivity contribution is 7.09. The van der Waals surface area contributed by atoms with Crippen LogP contribution in [0.1, 0.15) is 37.9 Å². The van der Waals surface area contributed by atoms with Gasteiger partial charge in [0.05, 0.1) is 10.7 Å². The molecule has 2 atom stereocenters. The van der Waals surface area contributed by atoms with Crippen molar-refractivity contribution < 1.29 is 0 Å². The van der Waals surface area contributed by atoms with Gasteiger partial charge in [-0.15, -0.1) is 11.3 Å². The molecule has 1 aliphatic rings. The van der Waals surface area contributed by atoms with Gasteiger partial charge in [0.1, 0.15) is 0 Å². The Bertz CT molecular complexity index is 459. The number of aryl methyl sites for hydroxylation is 1. The number of rotatable bonds is 4. The maximum absolute atomic E-state index is 4.81. The van der Waals surface area contributed by atoms with E-state index in [0.29, 0.717) is 0 Å². The SMILES string of the molecule is CCNC(=NCCc1csc(C)n1)N1CC(C)CC(C)C1. The molecule has 2 heterocycles. The number of hydrogen-bond acceptors (Lipinski definition) is 3. The Hall–Kier alpha value is -1.10. The van der Waals surface area contributed by atoms with Crippen LogP contribution < -0.4 is 5.32 Å². The zero-order valence-electron chi connectivity index (χ0n) is 13.7. The van der Waals surface area contributed by atoms with Crippen LogP contribution in [0.2, 0.25) is 0 Å². The third-order valence-electron chi connectivity index (χ3n) is 3.80. The number of nitrogens with zero attached hydrogens (tertiary/aromatic N) is 3. The Morgan fingerprint density at radius 3 is 2.71 bits per heavy atom. The summed E-state index contributed by atoms with van der Waals surface area (Å²) in [6.45, 7) is 12.8. The van der Waals surface area contributed by atoms with Crippen molar-refractivity contribution in [3.05, 3.63) is 16.1 Å². The van der Waals surface area contributed by atoms with Crippen LogP contribution in [0.3, 0.4) is 0 Å². The molecule has 4 nitrogen and oxygen atoms in total. The van der Waals surface area contributed by atoms with Gasteiger partial charge in [-0.2, -0.15) is 0 Å². The number of thiazole rings is 1. The lowest BCUT2D eigenvalue weighted by atomic mass is 9.92. The molecule has 0 aliphatic carbocycles. The van der Waals surface area contributed by atoms with Crippen molar-refractivity contribution in [1.29, 1.82) is 0 Å². The molecule has 1 N–H and O–H groups in total. The van der Waals surface area contributed by atoms with Gasteiger partial charge in [0.15, 0.2) is 5.96 Å². The van der Waals surface area contributed by atoms with Gasteiger partial charge in [0, 0.05) is 38.0 Å². The van der Waals surface area contributed by atoms with Gasteiger partial charge in [0.25, 0.3) is 0 Å². The highest BCUT2D eigenvalue weighted by Crippen LogP contribution is 2.20. The maximum Gasteiger partial charge on any atom is 0.193 e. The molecule has 0 saturated carbocycles. The molecule has 1 aliphatic heterocycles. The van der Waals surface area contributed by atoms with Crippen LogP contribution in [0.5, 0.6) is 0 Å². The minimum absolute atomic E-state index is 0.749. The Balaban J connectivity index is 1.95. The zero-order valence-corrected chi connectivity index (χ0v) is 14.5. The van der Waals surface area contributed by atoms with Crippen LogP contribution in [-0.4, -0.2) is 42.0 Å². The van der Waals surface area contributed by atoms with E-state index < -0.39 is 0 Å². The highest BCUT2D eigenvalue weighted by atomic mass is 32.1. The molecule has 0 spiro atoms. The summed E-state index contributed by atoms with van der Waals surface area (Å²) in [4.78, 5) is 11.7. The van der Waals surface area contributed by atoms with E-state index in [1.165, 1.54) is 6.42 Å². The van der Waals surface area contributed by atoms with E-state index in [1.54, 1.807) is 11.3 Å². The van der Waals surface area contributed by atoms with Crippen molar-refractivity contribution >= 4 is 17.3 Å². The molecule has 21 heavy (non-hydrogen) atoms. The minimum Gasteiger partial charge on any atom is -0.357 e. The molecule has 1 aromatic rings. The molecule has 118 valence electrons. The monoisotopic (exact) mass is 308 g/mol. The van der Waals surface area contributed by atoms with E-state index in [9.17, 15) is 0 Å². The third kappa shape index (κ3) is 4.99. The maximum atomic E-state index is 4.81. The van der Waals surface area contributed by atoms with Crippen molar-refractivity contribution in [2.24, 2.45) is 16.8 Å². The minimum atomic E-state index is 0.749. The van der Waals surface area contributed by atoms with E-state index in [-0.39, 0.29) is 0 Å². The number of aromatic nitrogens is 1. The number of nitrogens with one attached hydrogen (secondary N) is 1. The lowest BCUT2D eigenvalue weighted by Crippen LogP contribution is -2.48. The fraction of sp³-hybridized carbons (Fsp3) is 0.750. The Morgan fingerprint density at radius 2 is 2.14 bits per heavy atom. The van der Waals surface area contributed by atoms with Crippen molar-refractivity contribution in [3.63, 3.8) is 0 Å². The van der Waals surface area contributed by atoms with Gasteiger partial charge in [-0.1, -0.05) is 13.8 Å². The van der Waals surface area contributed by atoms with Crippen molar-refractivity contribution in [2.45, 2.75) is 40.5 Å². The summed E-state index contributed by atoms with van der Waals surface area (Å²) in [6.07, 6.45) is 2.26. The Morgan fingerprint density at radius 1 is 1.43 bits per heavy atom. The van der Waals surface area contributed by atoms with Crippen LogP contribution in [0.15, 0.2) is 10.4 Å². The molecular formula is C16H28N4S. The van der Waals surface area contributed by atoms with Gasteiger partial charge >= 0.3 is 0 Å². The fourth-order valence-corrected chi connectivity index (χ4v) is 3.71. The predicted octanol–water partition coefficient (Wildman–Crippen LogP) is 2.94. The number of likely N-dealkylation sites (tertiary alicyclic amines) is 1. The second kappa shape index (κ2) is 7.78. The summed E-state index contributed by atoms with van der Waals surface area (Å²) in [5.74, 6) is 2.57. The smallest absolute Gasteiger partial charge is 0.193 e. The first-order valence-electron chi connectivity index (χ1n) is 8.02. The van der Waals surface area contributed by atoms with Gasteiger partial charge < -0.3 is 10.2 Å². The average molecular weight is 308 g/mol. The van der Waals surface area contributed by atoms with E-state index in [1.807, 2.05) is 0 Å². The normalized spacial score (nSPS) is 23.4. The molecule has 2 rings (SSSR count). The van der Waals surface area contributed by atoms with E-state index >= 15 is 0 Å². The first-order chi connectivity index (χ1) is 10.1. The number of piperidine rings is 1. The lowest BCUT2D eigenvalue weighted by molar-refractivity contribution is 0.208. The van der Waals surface area contributed by atoms with Crippen LogP contribution in [0.25, 0.3) is 0 Å². The number of hydrogen-bond donors (Lipinski definition) is 1. The largest absolute Gasteiger partial charge is 0.357 e. The summed E-state index contributed by atoms with van der Waals surface area (Å²) < 4.78 is 0. The first-order valence-corrected chi connectivity index (χ1v) is 8.90. The number of guanidine groups is 1. The van der Waals surface area contributed by atoms with Gasteiger partial charge in [-0.3, -0.25) is 4.99 Å². The summed E-state index contributed by atoms with van der Waals surface area (Å²) in [7, 11) is 0. The molecule has 0 bridgehead atoms. The summed E-state index contributed by atoms with van der Waals surface area (Å²) in [5, 5.41) is 6.72. The lowest BCUT2D eigenvalue weighted by Gasteiger charge is -2.37. The van der Waals surface area contributed by atoms with E-state index in [0.717, 1.165) is 61.1 Å². The quantitative estimate of drug-likeness (QED) is 0.687. The van der Waals surface area contributed by atoms with Gasteiger partial charge in [0.2, 0.25) is 0 Å². The molecule has 1 aromatic heterocycles. The van der Waals surface area contributed by atoms with E-state index in [4.69, 9.17) is 4.99 Å². The highest BCUT2D eigenvalue weighted by Gasteiger charge is 2.23. The molecule has 5 heteroatoms. The van der Waals surface area contributed by atoms with Crippen molar-refractivity contribution in [3.8, 4) is 0 Å². The average Bonchev–Trinajstić information content (AvgIpc) is 2.82. The van der Waals surface area contributed by atoms with Crippen LogP contribution in [-0.2, 0) is 6.42 Å².